The van der Waals surface area contributed by atoms with Crippen molar-refractivity contribution in [3.05, 3.63) is 11.6 Å². The summed E-state index contributed by atoms with van der Waals surface area (Å²) in [6, 6.07) is 0. The van der Waals surface area contributed by atoms with Crippen LogP contribution in [0.15, 0.2) is 0 Å². The molecule has 0 bridgehead atoms. The van der Waals surface area contributed by atoms with Gasteiger partial charge in [-0.25, -0.2) is 0 Å². The molecule has 1 atom stereocenters. The van der Waals surface area contributed by atoms with Crippen molar-refractivity contribution in [2.45, 2.75) is 44.5 Å². The summed E-state index contributed by atoms with van der Waals surface area (Å²) in [6.45, 7) is 7.11. The predicted molar refractivity (Wildman–Crippen MR) is 70.3 cm³/mol. The van der Waals surface area contributed by atoms with Crippen LogP contribution in [-0.2, 0) is 16.6 Å². The lowest BCUT2D eigenvalue weighted by atomic mass is 10.0. The molecule has 0 saturated carbocycles. The first-order valence-corrected chi connectivity index (χ1v) is 7.40. The Morgan fingerprint density at radius 3 is 2.88 bits per heavy atom. The molecule has 4 nitrogen and oxygen atoms in total. The maximum Gasteiger partial charge on any atom is 0.143 e. The maximum absolute atomic E-state index is 5.55. The third-order valence-corrected chi connectivity index (χ3v) is 3.55. The topological polar surface area (TPSA) is 39.9 Å². The lowest BCUT2D eigenvalue weighted by molar-refractivity contribution is 0.0766. The van der Waals surface area contributed by atoms with Crippen LogP contribution in [-0.4, -0.2) is 28.0 Å². The van der Waals surface area contributed by atoms with Crippen molar-refractivity contribution in [3.63, 3.8) is 0 Å². The molecule has 0 aliphatic carbocycles. The molecule has 0 aromatic carbocycles. The van der Waals surface area contributed by atoms with Crippen molar-refractivity contribution in [3.8, 4) is 0 Å². The second-order valence-corrected chi connectivity index (χ2v) is 5.59. The minimum absolute atomic E-state index is 0.419. The summed E-state index contributed by atoms with van der Waals surface area (Å²) in [4.78, 5) is 0. The quantitative estimate of drug-likeness (QED) is 0.803. The first-order chi connectivity index (χ1) is 8.22. The number of alkyl halides is 1. The fourth-order valence-corrected chi connectivity index (χ4v) is 2.67. The third-order valence-electron chi connectivity index (χ3n) is 3.05. The van der Waals surface area contributed by atoms with Crippen molar-refractivity contribution in [2.24, 2.45) is 5.92 Å². The van der Waals surface area contributed by atoms with E-state index in [0.29, 0.717) is 11.8 Å². The highest BCUT2D eigenvalue weighted by Crippen LogP contribution is 2.25. The number of hydrogen-bond donors (Lipinski definition) is 0. The van der Waals surface area contributed by atoms with Crippen molar-refractivity contribution < 1.29 is 4.74 Å². The fraction of sp³-hybridized carbons (Fsp3) is 0.833. The molecule has 1 fully saturated rings. The Morgan fingerprint density at radius 2 is 2.29 bits per heavy atom. The van der Waals surface area contributed by atoms with Gasteiger partial charge in [0.1, 0.15) is 11.6 Å². The largest absolute Gasteiger partial charge is 0.381 e. The first-order valence-electron chi connectivity index (χ1n) is 6.28. The Labute approximate surface area is 111 Å². The van der Waals surface area contributed by atoms with E-state index in [1.54, 1.807) is 0 Å². The van der Waals surface area contributed by atoms with E-state index < -0.39 is 0 Å². The number of halogens is 1. The van der Waals surface area contributed by atoms with Crippen LogP contribution in [0.25, 0.3) is 0 Å². The highest BCUT2D eigenvalue weighted by Gasteiger charge is 2.23. The Bertz CT molecular complexity index is 359. The third kappa shape index (κ3) is 3.07. The molecule has 2 rings (SSSR count). The van der Waals surface area contributed by atoms with E-state index >= 15 is 0 Å². The van der Waals surface area contributed by atoms with Crippen molar-refractivity contribution in [1.82, 2.24) is 14.8 Å². The van der Waals surface area contributed by atoms with Gasteiger partial charge >= 0.3 is 0 Å². The molecule has 0 N–H and O–H groups in total. The second kappa shape index (κ2) is 5.96. The van der Waals surface area contributed by atoms with Gasteiger partial charge in [0.2, 0.25) is 0 Å². The summed E-state index contributed by atoms with van der Waals surface area (Å²) in [5.41, 5.74) is 0. The highest BCUT2D eigenvalue weighted by atomic mass is 79.9. The zero-order valence-corrected chi connectivity index (χ0v) is 12.1. The minimum Gasteiger partial charge on any atom is -0.381 e. The van der Waals surface area contributed by atoms with E-state index in [-0.39, 0.29) is 0 Å². The van der Waals surface area contributed by atoms with E-state index in [2.05, 4.69) is 44.5 Å². The molecule has 1 aliphatic rings. The molecular weight excluding hydrogens is 282 g/mol. The number of rotatable bonds is 4. The number of aromatic nitrogens is 3. The van der Waals surface area contributed by atoms with E-state index in [0.717, 1.165) is 43.2 Å². The van der Waals surface area contributed by atoms with Gasteiger partial charge < -0.3 is 9.30 Å². The van der Waals surface area contributed by atoms with Gasteiger partial charge in [0, 0.05) is 19.1 Å². The Morgan fingerprint density at radius 1 is 1.47 bits per heavy atom. The molecule has 5 heteroatoms. The molecule has 2 heterocycles. The lowest BCUT2D eigenvalue weighted by Gasteiger charge is -2.23. The molecule has 1 aromatic rings. The number of ether oxygens (including phenoxy) is 1. The van der Waals surface area contributed by atoms with Crippen LogP contribution >= 0.6 is 15.9 Å². The molecule has 96 valence electrons. The average Bonchev–Trinajstić information content (AvgIpc) is 2.72. The monoisotopic (exact) mass is 301 g/mol. The predicted octanol–water partition coefficient (Wildman–Crippen LogP) is 2.72. The smallest absolute Gasteiger partial charge is 0.143 e. The van der Waals surface area contributed by atoms with Crippen molar-refractivity contribution in [1.29, 1.82) is 0 Å². The second-order valence-electron chi connectivity index (χ2n) is 5.03. The molecule has 0 amide bonds. The first kappa shape index (κ1) is 13.0. The summed E-state index contributed by atoms with van der Waals surface area (Å²) >= 11 is 3.48. The summed E-state index contributed by atoms with van der Waals surface area (Å²) < 4.78 is 7.81. The fourth-order valence-electron chi connectivity index (χ4n) is 2.26. The molecule has 1 unspecified atom stereocenters. The molecule has 1 saturated heterocycles. The van der Waals surface area contributed by atoms with Gasteiger partial charge in [0.05, 0.1) is 11.9 Å². The molecule has 0 spiro atoms. The van der Waals surface area contributed by atoms with E-state index in [1.165, 1.54) is 6.42 Å². The van der Waals surface area contributed by atoms with E-state index in [1.807, 2.05) is 0 Å². The van der Waals surface area contributed by atoms with Crippen molar-refractivity contribution >= 4 is 15.9 Å². The highest BCUT2D eigenvalue weighted by molar-refractivity contribution is 9.08. The van der Waals surface area contributed by atoms with Gasteiger partial charge in [-0.2, -0.15) is 0 Å². The van der Waals surface area contributed by atoms with Crippen LogP contribution in [0, 0.1) is 5.92 Å². The molecule has 1 aliphatic heterocycles. The summed E-state index contributed by atoms with van der Waals surface area (Å²) in [6.07, 6.45) is 2.29. The van der Waals surface area contributed by atoms with Crippen LogP contribution in [0.2, 0.25) is 0 Å². The minimum atomic E-state index is 0.419. The van der Waals surface area contributed by atoms with Gasteiger partial charge in [-0.15, -0.1) is 10.2 Å². The zero-order valence-electron chi connectivity index (χ0n) is 10.5. The van der Waals surface area contributed by atoms with Gasteiger partial charge in [-0.05, 0) is 18.8 Å². The standard InChI is InChI=1S/C12H20BrN3O/c1-9(2)7-16-11(6-13)14-15-12(16)10-4-3-5-17-8-10/h9-10H,3-8H2,1-2H3. The van der Waals surface area contributed by atoms with Crippen LogP contribution in [0.1, 0.15) is 44.3 Å². The van der Waals surface area contributed by atoms with Crippen LogP contribution < -0.4 is 0 Å². The molecule has 0 radical (unpaired) electrons. The Hall–Kier alpha value is -0.420. The van der Waals surface area contributed by atoms with Gasteiger partial charge in [0.25, 0.3) is 0 Å². The number of nitrogens with zero attached hydrogens (tertiary/aromatic N) is 3. The average molecular weight is 302 g/mol. The summed E-state index contributed by atoms with van der Waals surface area (Å²) in [7, 11) is 0. The van der Waals surface area contributed by atoms with Gasteiger partial charge in [-0.3, -0.25) is 0 Å². The van der Waals surface area contributed by atoms with Gasteiger partial charge in [-0.1, -0.05) is 29.8 Å². The van der Waals surface area contributed by atoms with Crippen LogP contribution in [0.4, 0.5) is 0 Å². The Kier molecular flexibility index (Phi) is 4.56. The lowest BCUT2D eigenvalue weighted by Crippen LogP contribution is -2.21. The van der Waals surface area contributed by atoms with Crippen molar-refractivity contribution in [2.75, 3.05) is 13.2 Å². The summed E-state index contributed by atoms with van der Waals surface area (Å²) in [5, 5.41) is 9.40. The normalized spacial score (nSPS) is 21.1. The van der Waals surface area contributed by atoms with E-state index in [4.69, 9.17) is 4.74 Å². The molecule has 17 heavy (non-hydrogen) atoms. The number of hydrogen-bond acceptors (Lipinski definition) is 3. The van der Waals surface area contributed by atoms with Crippen LogP contribution in [0.5, 0.6) is 0 Å². The summed E-state index contributed by atoms with van der Waals surface area (Å²) in [5.74, 6) is 3.15. The molecular formula is C12H20BrN3O. The van der Waals surface area contributed by atoms with E-state index in [9.17, 15) is 0 Å². The van der Waals surface area contributed by atoms with Crippen LogP contribution in [0.3, 0.4) is 0 Å². The molecule has 1 aromatic heterocycles. The Balaban J connectivity index is 2.22. The van der Waals surface area contributed by atoms with Gasteiger partial charge in [0.15, 0.2) is 0 Å². The zero-order chi connectivity index (χ0) is 12.3. The maximum atomic E-state index is 5.55. The SMILES string of the molecule is CC(C)Cn1c(CBr)nnc1C1CCCOC1.